The van der Waals surface area contributed by atoms with E-state index in [1.165, 1.54) is 4.90 Å². The molecule has 1 fully saturated rings. The second-order valence-electron chi connectivity index (χ2n) is 7.46. The van der Waals surface area contributed by atoms with Crippen LogP contribution in [-0.2, 0) is 11.3 Å². The van der Waals surface area contributed by atoms with Gasteiger partial charge in [0.1, 0.15) is 17.4 Å². The Morgan fingerprint density at radius 1 is 1.10 bits per heavy atom. The summed E-state index contributed by atoms with van der Waals surface area (Å²) in [6.07, 6.45) is 1.03. The maximum Gasteiger partial charge on any atom is 0.256 e. The van der Waals surface area contributed by atoms with Gasteiger partial charge in [0.25, 0.3) is 5.91 Å². The van der Waals surface area contributed by atoms with Crippen LogP contribution >= 0.6 is 0 Å². The lowest BCUT2D eigenvalue weighted by Crippen LogP contribution is -2.43. The van der Waals surface area contributed by atoms with E-state index in [1.807, 2.05) is 31.2 Å². The summed E-state index contributed by atoms with van der Waals surface area (Å²) in [5.74, 6) is -1.41. The quantitative estimate of drug-likeness (QED) is 0.718. The van der Waals surface area contributed by atoms with E-state index in [4.69, 9.17) is 4.74 Å². The summed E-state index contributed by atoms with van der Waals surface area (Å²) in [4.78, 5) is 28.5. The first-order valence-corrected chi connectivity index (χ1v) is 10.1. The van der Waals surface area contributed by atoms with Crippen molar-refractivity contribution >= 4 is 11.8 Å². The van der Waals surface area contributed by atoms with E-state index in [-0.39, 0.29) is 17.4 Å². The van der Waals surface area contributed by atoms with Crippen molar-refractivity contribution in [2.75, 3.05) is 26.7 Å². The minimum atomic E-state index is -0.867. The molecule has 2 aromatic rings. The first kappa shape index (κ1) is 21.7. The van der Waals surface area contributed by atoms with E-state index < -0.39 is 17.5 Å². The molecule has 2 aromatic carbocycles. The number of hydrogen-bond acceptors (Lipinski definition) is 3. The van der Waals surface area contributed by atoms with Crippen LogP contribution in [0.1, 0.15) is 35.7 Å². The van der Waals surface area contributed by atoms with Crippen LogP contribution in [0.15, 0.2) is 42.5 Å². The zero-order valence-electron chi connectivity index (χ0n) is 17.2. The van der Waals surface area contributed by atoms with Gasteiger partial charge in [-0.1, -0.05) is 12.1 Å². The van der Waals surface area contributed by atoms with Gasteiger partial charge in [0.15, 0.2) is 0 Å². The fourth-order valence-electron chi connectivity index (χ4n) is 3.68. The van der Waals surface area contributed by atoms with Crippen LogP contribution in [0.4, 0.5) is 8.78 Å². The number of halogens is 2. The molecular formula is C23H26F2N2O3. The highest BCUT2D eigenvalue weighted by Gasteiger charge is 2.30. The highest BCUT2D eigenvalue weighted by atomic mass is 19.1. The maximum absolute atomic E-state index is 13.9. The molecule has 0 bridgehead atoms. The Morgan fingerprint density at radius 2 is 1.77 bits per heavy atom. The molecule has 0 aliphatic carbocycles. The third-order valence-corrected chi connectivity index (χ3v) is 5.32. The third-order valence-electron chi connectivity index (χ3n) is 5.32. The molecule has 5 nitrogen and oxygen atoms in total. The van der Waals surface area contributed by atoms with Crippen molar-refractivity contribution in [1.29, 1.82) is 0 Å². The van der Waals surface area contributed by atoms with Crippen molar-refractivity contribution in [1.82, 2.24) is 9.80 Å². The molecule has 3 rings (SSSR count). The van der Waals surface area contributed by atoms with Crippen LogP contribution in [0.3, 0.4) is 0 Å². The van der Waals surface area contributed by atoms with Gasteiger partial charge in [-0.05, 0) is 49.6 Å². The van der Waals surface area contributed by atoms with E-state index >= 15 is 0 Å². The topological polar surface area (TPSA) is 49.9 Å². The standard InChI is InChI=1S/C23H26F2N2O3/c1-3-30-19-7-4-16(5-8-19)15-26(2)22(28)17-10-12-27(13-11-17)23(29)20-9-6-18(24)14-21(20)25/h4-9,14,17H,3,10-13,15H2,1-2H3. The number of nitrogens with zero attached hydrogens (tertiary/aromatic N) is 2. The number of likely N-dealkylation sites (tertiary alicyclic amines) is 1. The molecule has 2 amide bonds. The highest BCUT2D eigenvalue weighted by molar-refractivity contribution is 5.94. The summed E-state index contributed by atoms with van der Waals surface area (Å²) in [6.45, 7) is 3.75. The molecule has 160 valence electrons. The van der Waals surface area contributed by atoms with Crippen LogP contribution in [-0.4, -0.2) is 48.4 Å². The molecule has 0 N–H and O–H groups in total. The van der Waals surface area contributed by atoms with Crippen molar-refractivity contribution in [2.45, 2.75) is 26.3 Å². The SMILES string of the molecule is CCOc1ccc(CN(C)C(=O)C2CCN(C(=O)c3ccc(F)cc3F)CC2)cc1. The lowest BCUT2D eigenvalue weighted by atomic mass is 9.94. The summed E-state index contributed by atoms with van der Waals surface area (Å²) in [7, 11) is 1.77. The van der Waals surface area contributed by atoms with E-state index in [2.05, 4.69) is 0 Å². The van der Waals surface area contributed by atoms with Gasteiger partial charge in [0.05, 0.1) is 12.2 Å². The Balaban J connectivity index is 1.53. The molecule has 7 heteroatoms. The minimum absolute atomic E-state index is 0.0314. The lowest BCUT2D eigenvalue weighted by Gasteiger charge is -2.33. The van der Waals surface area contributed by atoms with Crippen molar-refractivity contribution in [3.8, 4) is 5.75 Å². The number of ether oxygens (including phenoxy) is 1. The predicted molar refractivity (Wildman–Crippen MR) is 109 cm³/mol. The number of carbonyl (C=O) groups excluding carboxylic acids is 2. The summed E-state index contributed by atoms with van der Waals surface area (Å²) in [5.41, 5.74) is 0.863. The Bertz CT molecular complexity index is 894. The summed E-state index contributed by atoms with van der Waals surface area (Å²) < 4.78 is 32.4. The Morgan fingerprint density at radius 3 is 2.37 bits per heavy atom. The van der Waals surface area contributed by atoms with E-state index in [0.717, 1.165) is 23.4 Å². The second-order valence-corrected chi connectivity index (χ2v) is 7.46. The summed E-state index contributed by atoms with van der Waals surface area (Å²) in [6, 6.07) is 10.6. The monoisotopic (exact) mass is 416 g/mol. The van der Waals surface area contributed by atoms with Gasteiger partial charge in [-0.25, -0.2) is 8.78 Å². The van der Waals surface area contributed by atoms with Gasteiger partial charge >= 0.3 is 0 Å². The first-order valence-electron chi connectivity index (χ1n) is 10.1. The zero-order valence-corrected chi connectivity index (χ0v) is 17.2. The molecule has 0 aromatic heterocycles. The number of amides is 2. The van der Waals surface area contributed by atoms with E-state index in [9.17, 15) is 18.4 Å². The Hall–Kier alpha value is -2.96. The second kappa shape index (κ2) is 9.69. The molecule has 30 heavy (non-hydrogen) atoms. The molecular weight excluding hydrogens is 390 g/mol. The molecule has 0 atom stereocenters. The average Bonchev–Trinajstić information content (AvgIpc) is 2.74. The minimum Gasteiger partial charge on any atom is -0.494 e. The molecule has 0 unspecified atom stereocenters. The highest BCUT2D eigenvalue weighted by Crippen LogP contribution is 2.23. The van der Waals surface area contributed by atoms with Gasteiger partial charge < -0.3 is 14.5 Å². The van der Waals surface area contributed by atoms with E-state index in [1.54, 1.807) is 11.9 Å². The number of piperidine rings is 1. The van der Waals surface area contributed by atoms with Crippen molar-refractivity contribution in [3.63, 3.8) is 0 Å². The summed E-state index contributed by atoms with van der Waals surface area (Å²) in [5, 5.41) is 0. The van der Waals surface area contributed by atoms with Gasteiger partial charge in [-0.2, -0.15) is 0 Å². The predicted octanol–water partition coefficient (Wildman–Crippen LogP) is 3.87. The lowest BCUT2D eigenvalue weighted by molar-refractivity contribution is -0.136. The number of carbonyl (C=O) groups is 2. The molecule has 1 heterocycles. The number of benzene rings is 2. The van der Waals surface area contributed by atoms with Gasteiger partial charge in [0.2, 0.25) is 5.91 Å². The zero-order chi connectivity index (χ0) is 21.7. The van der Waals surface area contributed by atoms with Gasteiger partial charge in [-0.3, -0.25) is 9.59 Å². The van der Waals surface area contributed by atoms with Gasteiger partial charge in [-0.15, -0.1) is 0 Å². The fraction of sp³-hybridized carbons (Fsp3) is 0.391. The smallest absolute Gasteiger partial charge is 0.256 e. The molecule has 1 aliphatic heterocycles. The van der Waals surface area contributed by atoms with Crippen LogP contribution in [0, 0.1) is 17.6 Å². The third kappa shape index (κ3) is 5.14. The van der Waals surface area contributed by atoms with Crippen molar-refractivity contribution in [3.05, 3.63) is 65.2 Å². The molecule has 1 saturated heterocycles. The molecule has 1 aliphatic rings. The van der Waals surface area contributed by atoms with Crippen LogP contribution < -0.4 is 4.74 Å². The van der Waals surface area contributed by atoms with Crippen molar-refractivity contribution in [2.24, 2.45) is 5.92 Å². The van der Waals surface area contributed by atoms with Gasteiger partial charge in [0, 0.05) is 38.7 Å². The number of rotatable bonds is 6. The summed E-state index contributed by atoms with van der Waals surface area (Å²) >= 11 is 0. The Kier molecular flexibility index (Phi) is 7.03. The molecule has 0 spiro atoms. The van der Waals surface area contributed by atoms with Crippen molar-refractivity contribution < 1.29 is 23.1 Å². The van der Waals surface area contributed by atoms with Crippen LogP contribution in [0.25, 0.3) is 0 Å². The molecule has 0 radical (unpaired) electrons. The van der Waals surface area contributed by atoms with Crippen LogP contribution in [0.5, 0.6) is 5.75 Å². The van der Waals surface area contributed by atoms with E-state index in [0.29, 0.717) is 45.1 Å². The maximum atomic E-state index is 13.9. The largest absolute Gasteiger partial charge is 0.494 e. The normalized spacial score (nSPS) is 14.5. The average molecular weight is 416 g/mol. The Labute approximate surface area is 175 Å². The number of hydrogen-bond donors (Lipinski definition) is 0. The van der Waals surface area contributed by atoms with Crippen LogP contribution in [0.2, 0.25) is 0 Å². The fourth-order valence-corrected chi connectivity index (χ4v) is 3.68. The first-order chi connectivity index (χ1) is 14.4. The molecule has 0 saturated carbocycles.